The standard InChI is InChI=1S/C48H75NO15.CH4/c1-29-20-16-14-12-10-8-6-7-9-11-13-15-17-22-36(63-47-45(57)43(49)30(2)32(4)62-47)26-40-42(46(58)59)39(54)28-48(60,64-40)27-35(51)24-38(53)37(52)23-19-18-21-34(50)25-41(55)61-33(5)31(3)44(29)56;/h6-17,20,22,29-40,42-45,47,50-54,56-57,60H,18-19,21,23-28,49H2,1-5H3,(H,58,59);1H4/b7-6+,10-8+,11-9+,14-12+,15-13+,20-16+,22-17+;/t29-,30?,31-,32?,33-,34+,35-,36-,37+,38+,39-,40?,42+,43?,44+,45?,47?,48+;/m0./s1. The minimum Gasteiger partial charge on any atom is -0.481 e. The van der Waals surface area contributed by atoms with Gasteiger partial charge in [-0.15, -0.1) is 0 Å². The smallest absolute Gasteiger partial charge is 0.311 e. The second kappa shape index (κ2) is 28.7. The van der Waals surface area contributed by atoms with Crippen LogP contribution >= 0.6 is 0 Å². The van der Waals surface area contributed by atoms with Gasteiger partial charge in [0.25, 0.3) is 0 Å². The van der Waals surface area contributed by atoms with Gasteiger partial charge in [-0.25, -0.2) is 0 Å². The zero-order valence-corrected chi connectivity index (χ0v) is 37.8. The Bertz CT molecular complexity index is 1630. The van der Waals surface area contributed by atoms with Crippen LogP contribution in [0.1, 0.15) is 99.8 Å². The number of fused-ring (bicyclic) bond motifs is 2. The molecule has 2 bridgehead atoms. The van der Waals surface area contributed by atoms with Crippen molar-refractivity contribution in [1.29, 1.82) is 0 Å². The van der Waals surface area contributed by atoms with Crippen LogP contribution in [0.4, 0.5) is 0 Å². The summed E-state index contributed by atoms with van der Waals surface area (Å²) in [5, 5.41) is 97.5. The lowest BCUT2D eigenvalue weighted by Gasteiger charge is -2.45. The van der Waals surface area contributed by atoms with E-state index in [2.05, 4.69) is 0 Å². The number of hydrogen-bond donors (Lipinski definition) is 10. The van der Waals surface area contributed by atoms with Crippen molar-refractivity contribution in [2.75, 3.05) is 0 Å². The SMILES string of the molecule is C.CC1OC(O[C@H]2/C=C/C=C/C=C/C=C/C=C/C=C/C=C/[C@H](C)[C@@H](O)[C@@H](C)[C@H](C)OC(=O)C[C@H](O)CCCC[C@@H](O)[C@H](O)C[C@H](O)C[C@]3(O)C[C@H](O)[C@@H](C(=O)O)C(C2)O3)C(O)C(N)C1C. The molecule has 2 fully saturated rings. The molecular weight excluding hydrogens is 843 g/mol. The molecule has 0 aromatic rings. The van der Waals surface area contributed by atoms with Crippen LogP contribution < -0.4 is 5.73 Å². The summed E-state index contributed by atoms with van der Waals surface area (Å²) in [6.45, 7) is 8.97. The molecule has 3 aliphatic rings. The van der Waals surface area contributed by atoms with Gasteiger partial charge in [0.1, 0.15) is 18.1 Å². The number of carbonyl (C=O) groups excluding carboxylic acids is 1. The van der Waals surface area contributed by atoms with Crippen molar-refractivity contribution < 1.29 is 74.5 Å². The maximum Gasteiger partial charge on any atom is 0.311 e. The number of hydrogen-bond acceptors (Lipinski definition) is 15. The van der Waals surface area contributed by atoms with Crippen LogP contribution in [0.3, 0.4) is 0 Å². The van der Waals surface area contributed by atoms with Crippen molar-refractivity contribution in [1.82, 2.24) is 0 Å². The van der Waals surface area contributed by atoms with Gasteiger partial charge in [0.05, 0.1) is 61.4 Å². The zero-order chi connectivity index (χ0) is 47.6. The number of allylic oxidation sites excluding steroid dienone is 12. The van der Waals surface area contributed by atoms with Crippen LogP contribution in [0.25, 0.3) is 0 Å². The van der Waals surface area contributed by atoms with Gasteiger partial charge < -0.3 is 70.6 Å². The molecule has 6 unspecified atom stereocenters. The highest BCUT2D eigenvalue weighted by Crippen LogP contribution is 2.38. The van der Waals surface area contributed by atoms with Gasteiger partial charge in [-0.05, 0) is 32.6 Å². The number of carboxylic acid groups (broad SMARTS) is 1. The van der Waals surface area contributed by atoms with E-state index >= 15 is 0 Å². The number of carboxylic acids is 1. The zero-order valence-electron chi connectivity index (χ0n) is 37.8. The van der Waals surface area contributed by atoms with Crippen LogP contribution in [0.15, 0.2) is 85.1 Å². The van der Waals surface area contributed by atoms with E-state index in [4.69, 9.17) is 24.7 Å². The summed E-state index contributed by atoms with van der Waals surface area (Å²) in [4.78, 5) is 25.1. The lowest BCUT2D eigenvalue weighted by Crippen LogP contribution is -2.58. The highest BCUT2D eigenvalue weighted by molar-refractivity contribution is 5.71. The van der Waals surface area contributed by atoms with E-state index < -0.39 is 122 Å². The molecule has 3 heterocycles. The van der Waals surface area contributed by atoms with E-state index in [-0.39, 0.29) is 51.0 Å². The molecule has 370 valence electrons. The van der Waals surface area contributed by atoms with Crippen LogP contribution in [0, 0.1) is 23.7 Å². The summed E-state index contributed by atoms with van der Waals surface area (Å²) in [6.07, 6.45) is 10.5. The molecule has 2 saturated heterocycles. The Kier molecular flexibility index (Phi) is 25.5. The fraction of sp³-hybridized carbons (Fsp3) is 0.673. The molecule has 3 aliphatic heterocycles. The summed E-state index contributed by atoms with van der Waals surface area (Å²) in [7, 11) is 0. The number of aliphatic hydroxyl groups is 8. The first kappa shape index (κ1) is 57.8. The number of ether oxygens (including phenoxy) is 4. The van der Waals surface area contributed by atoms with Crippen molar-refractivity contribution in [3.63, 3.8) is 0 Å². The Hall–Kier alpha value is -3.36. The van der Waals surface area contributed by atoms with Crippen LogP contribution in [-0.4, -0.2) is 143 Å². The average molecular weight is 922 g/mol. The van der Waals surface area contributed by atoms with Gasteiger partial charge in [0, 0.05) is 43.6 Å². The van der Waals surface area contributed by atoms with E-state index in [1.165, 1.54) is 0 Å². The van der Waals surface area contributed by atoms with Crippen molar-refractivity contribution in [3.8, 4) is 0 Å². The molecule has 0 amide bonds. The van der Waals surface area contributed by atoms with E-state index in [9.17, 15) is 55.5 Å². The first-order chi connectivity index (χ1) is 30.2. The summed E-state index contributed by atoms with van der Waals surface area (Å²) >= 11 is 0. The fourth-order valence-electron chi connectivity index (χ4n) is 8.08. The maximum absolute atomic E-state index is 12.6. The third-order valence-electron chi connectivity index (χ3n) is 12.4. The molecule has 0 radical (unpaired) electrons. The van der Waals surface area contributed by atoms with Gasteiger partial charge in [-0.3, -0.25) is 9.59 Å². The number of aliphatic hydroxyl groups excluding tert-OH is 7. The van der Waals surface area contributed by atoms with Crippen molar-refractivity contribution in [3.05, 3.63) is 85.1 Å². The van der Waals surface area contributed by atoms with E-state index in [0.29, 0.717) is 12.8 Å². The maximum atomic E-state index is 12.6. The minimum absolute atomic E-state index is 0. The van der Waals surface area contributed by atoms with E-state index in [1.54, 1.807) is 57.2 Å². The van der Waals surface area contributed by atoms with E-state index in [0.717, 1.165) is 0 Å². The molecule has 16 nitrogen and oxygen atoms in total. The molecule has 18 atom stereocenters. The largest absolute Gasteiger partial charge is 0.481 e. The summed E-state index contributed by atoms with van der Waals surface area (Å²) in [5.74, 6) is -6.60. The fourth-order valence-corrected chi connectivity index (χ4v) is 8.08. The highest BCUT2D eigenvalue weighted by atomic mass is 16.7. The van der Waals surface area contributed by atoms with Crippen molar-refractivity contribution in [2.24, 2.45) is 29.4 Å². The first-order valence-corrected chi connectivity index (χ1v) is 22.6. The number of nitrogens with two attached hydrogens (primary N) is 1. The Morgan fingerprint density at radius 2 is 1.25 bits per heavy atom. The molecule has 0 aliphatic carbocycles. The second-order valence-electron chi connectivity index (χ2n) is 17.8. The molecule has 0 aromatic carbocycles. The van der Waals surface area contributed by atoms with Crippen molar-refractivity contribution in [2.45, 2.75) is 185 Å². The normalized spacial score (nSPS) is 44.2. The molecule has 65 heavy (non-hydrogen) atoms. The number of rotatable bonds is 3. The topological polar surface area (TPSA) is 279 Å². The first-order valence-electron chi connectivity index (χ1n) is 22.6. The minimum atomic E-state index is -2.25. The van der Waals surface area contributed by atoms with Crippen LogP contribution in [0.5, 0.6) is 0 Å². The third kappa shape index (κ3) is 19.4. The summed E-state index contributed by atoms with van der Waals surface area (Å²) in [5.41, 5.74) is 6.27. The number of carbonyl (C=O) groups is 2. The van der Waals surface area contributed by atoms with Gasteiger partial charge in [-0.1, -0.05) is 126 Å². The van der Waals surface area contributed by atoms with Crippen molar-refractivity contribution >= 4 is 11.9 Å². The average Bonchev–Trinajstić information content (AvgIpc) is 3.21. The van der Waals surface area contributed by atoms with Gasteiger partial charge >= 0.3 is 11.9 Å². The summed E-state index contributed by atoms with van der Waals surface area (Å²) in [6, 6.07) is -0.690. The molecule has 11 N–H and O–H groups in total. The molecule has 0 aromatic heterocycles. The van der Waals surface area contributed by atoms with Crippen LogP contribution in [0.2, 0.25) is 0 Å². The molecule has 0 saturated carbocycles. The lowest BCUT2D eigenvalue weighted by atomic mass is 9.82. The quantitative estimate of drug-likeness (QED) is 0.181. The predicted octanol–water partition coefficient (Wildman–Crippen LogP) is 3.65. The Morgan fingerprint density at radius 3 is 1.83 bits per heavy atom. The molecular formula is C49H79NO15. The third-order valence-corrected chi connectivity index (χ3v) is 12.4. The van der Waals surface area contributed by atoms with Gasteiger partial charge in [-0.2, -0.15) is 0 Å². The number of esters is 1. The molecule has 0 spiro atoms. The van der Waals surface area contributed by atoms with E-state index in [1.807, 2.05) is 62.5 Å². The Balaban J connectivity index is 0.0000145. The van der Waals surface area contributed by atoms with Gasteiger partial charge in [0.2, 0.25) is 0 Å². The highest BCUT2D eigenvalue weighted by Gasteiger charge is 2.51. The predicted molar refractivity (Wildman–Crippen MR) is 245 cm³/mol. The monoisotopic (exact) mass is 922 g/mol. The number of cyclic esters (lactones) is 1. The Morgan fingerprint density at radius 1 is 0.692 bits per heavy atom. The second-order valence-corrected chi connectivity index (χ2v) is 17.8. The molecule has 3 rings (SSSR count). The summed E-state index contributed by atoms with van der Waals surface area (Å²) < 4.78 is 23.6. The Labute approximate surface area is 385 Å². The van der Waals surface area contributed by atoms with Crippen LogP contribution in [-0.2, 0) is 28.5 Å². The lowest BCUT2D eigenvalue weighted by molar-refractivity contribution is -0.307. The van der Waals surface area contributed by atoms with Gasteiger partial charge in [0.15, 0.2) is 12.1 Å². The molecule has 16 heteroatoms. The number of aliphatic carboxylic acids is 1.